The SMILES string of the molecule is CCOc1ccc(NC(=O)[C@H](C)OC(=O)C2C[C@H]3CCC[C@@H](C2)C3=O)cc1. The summed E-state index contributed by atoms with van der Waals surface area (Å²) in [5.74, 6) is -0.00269. The summed E-state index contributed by atoms with van der Waals surface area (Å²) in [4.78, 5) is 37.0. The molecule has 0 aliphatic heterocycles. The third kappa shape index (κ3) is 4.67. The molecule has 27 heavy (non-hydrogen) atoms. The van der Waals surface area contributed by atoms with Gasteiger partial charge in [0.2, 0.25) is 0 Å². The Kier molecular flexibility index (Phi) is 6.14. The first-order valence-corrected chi connectivity index (χ1v) is 9.76. The van der Waals surface area contributed by atoms with Gasteiger partial charge < -0.3 is 14.8 Å². The van der Waals surface area contributed by atoms with Crippen molar-refractivity contribution in [3.63, 3.8) is 0 Å². The smallest absolute Gasteiger partial charge is 0.309 e. The second-order valence-corrected chi connectivity index (χ2v) is 7.42. The minimum Gasteiger partial charge on any atom is -0.494 e. The number of fused-ring (bicyclic) bond motifs is 2. The van der Waals surface area contributed by atoms with E-state index in [2.05, 4.69) is 5.32 Å². The van der Waals surface area contributed by atoms with Crippen molar-refractivity contribution in [2.24, 2.45) is 17.8 Å². The maximum absolute atomic E-state index is 12.5. The van der Waals surface area contributed by atoms with Gasteiger partial charge in [0.05, 0.1) is 12.5 Å². The molecule has 2 saturated carbocycles. The monoisotopic (exact) mass is 373 g/mol. The van der Waals surface area contributed by atoms with Crippen LogP contribution in [0.25, 0.3) is 0 Å². The number of carbonyl (C=O) groups excluding carboxylic acids is 3. The Labute approximate surface area is 159 Å². The molecule has 0 spiro atoms. The molecule has 0 saturated heterocycles. The Bertz CT molecular complexity index is 683. The molecule has 0 aromatic heterocycles. The van der Waals surface area contributed by atoms with E-state index < -0.39 is 6.10 Å². The number of anilines is 1. The highest BCUT2D eigenvalue weighted by Crippen LogP contribution is 2.40. The van der Waals surface area contributed by atoms with Crippen LogP contribution in [0, 0.1) is 17.8 Å². The van der Waals surface area contributed by atoms with E-state index in [9.17, 15) is 14.4 Å². The Hall–Kier alpha value is -2.37. The zero-order valence-electron chi connectivity index (χ0n) is 15.9. The lowest BCUT2D eigenvalue weighted by Crippen LogP contribution is -2.41. The predicted molar refractivity (Wildman–Crippen MR) is 100 cm³/mol. The van der Waals surface area contributed by atoms with E-state index >= 15 is 0 Å². The van der Waals surface area contributed by atoms with Crippen molar-refractivity contribution in [1.29, 1.82) is 0 Å². The van der Waals surface area contributed by atoms with Crippen LogP contribution in [0.1, 0.15) is 46.0 Å². The number of Topliss-reactive ketones (excluding diaryl/α,β-unsaturated/α-hetero) is 1. The van der Waals surface area contributed by atoms with Crippen molar-refractivity contribution in [3.05, 3.63) is 24.3 Å². The molecule has 4 atom stereocenters. The number of carbonyl (C=O) groups is 3. The zero-order valence-corrected chi connectivity index (χ0v) is 15.9. The van der Waals surface area contributed by atoms with E-state index in [0.717, 1.165) is 25.0 Å². The van der Waals surface area contributed by atoms with E-state index in [1.807, 2.05) is 6.92 Å². The second-order valence-electron chi connectivity index (χ2n) is 7.42. The largest absolute Gasteiger partial charge is 0.494 e. The second kappa shape index (κ2) is 8.55. The number of nitrogens with one attached hydrogen (secondary N) is 1. The Morgan fingerprint density at radius 3 is 2.37 bits per heavy atom. The van der Waals surface area contributed by atoms with E-state index in [0.29, 0.717) is 30.9 Å². The molecule has 3 rings (SSSR count). The summed E-state index contributed by atoms with van der Waals surface area (Å²) in [5, 5.41) is 2.74. The average molecular weight is 373 g/mol. The van der Waals surface area contributed by atoms with E-state index in [1.165, 1.54) is 0 Å². The molecular weight excluding hydrogens is 346 g/mol. The number of ether oxygens (including phenoxy) is 2. The van der Waals surface area contributed by atoms with Crippen LogP contribution in [0.2, 0.25) is 0 Å². The van der Waals surface area contributed by atoms with Gasteiger partial charge in [-0.25, -0.2) is 0 Å². The maximum atomic E-state index is 12.5. The Morgan fingerprint density at radius 1 is 1.15 bits per heavy atom. The first kappa shape index (κ1) is 19.4. The molecule has 6 nitrogen and oxygen atoms in total. The van der Waals surface area contributed by atoms with E-state index in [4.69, 9.17) is 9.47 Å². The van der Waals surface area contributed by atoms with Gasteiger partial charge in [-0.05, 0) is 63.8 Å². The van der Waals surface area contributed by atoms with Gasteiger partial charge in [0.1, 0.15) is 11.5 Å². The van der Waals surface area contributed by atoms with Gasteiger partial charge in [-0.2, -0.15) is 0 Å². The van der Waals surface area contributed by atoms with Crippen molar-refractivity contribution in [2.75, 3.05) is 11.9 Å². The van der Waals surface area contributed by atoms with Crippen LogP contribution < -0.4 is 10.1 Å². The van der Waals surface area contributed by atoms with Gasteiger partial charge >= 0.3 is 5.97 Å². The van der Waals surface area contributed by atoms with Crippen LogP contribution >= 0.6 is 0 Å². The first-order valence-electron chi connectivity index (χ1n) is 9.76. The molecule has 2 fully saturated rings. The third-order valence-corrected chi connectivity index (χ3v) is 5.48. The van der Waals surface area contributed by atoms with Crippen LogP contribution in [0.4, 0.5) is 5.69 Å². The van der Waals surface area contributed by atoms with Gasteiger partial charge in [0.15, 0.2) is 6.10 Å². The number of benzene rings is 1. The fourth-order valence-electron chi connectivity index (χ4n) is 4.04. The number of esters is 1. The molecule has 0 heterocycles. The summed E-state index contributed by atoms with van der Waals surface area (Å²) < 4.78 is 10.8. The van der Waals surface area contributed by atoms with Crippen LogP contribution in [0.5, 0.6) is 5.75 Å². The molecule has 2 bridgehead atoms. The molecule has 0 radical (unpaired) electrons. The Morgan fingerprint density at radius 2 is 1.78 bits per heavy atom. The summed E-state index contributed by atoms with van der Waals surface area (Å²) in [6.07, 6.45) is 3.02. The van der Waals surface area contributed by atoms with Crippen molar-refractivity contribution < 1.29 is 23.9 Å². The number of rotatable bonds is 6. The van der Waals surface area contributed by atoms with Crippen molar-refractivity contribution >= 4 is 23.3 Å². The van der Waals surface area contributed by atoms with Crippen molar-refractivity contribution in [3.8, 4) is 5.75 Å². The number of ketones is 1. The molecule has 1 aromatic carbocycles. The van der Waals surface area contributed by atoms with Crippen LogP contribution in [0.15, 0.2) is 24.3 Å². The lowest BCUT2D eigenvalue weighted by atomic mass is 9.67. The highest BCUT2D eigenvalue weighted by atomic mass is 16.5. The van der Waals surface area contributed by atoms with Gasteiger partial charge in [0, 0.05) is 17.5 Å². The minimum atomic E-state index is -0.887. The summed E-state index contributed by atoms with van der Waals surface area (Å²) in [6, 6.07) is 7.03. The molecule has 2 aliphatic rings. The molecule has 1 N–H and O–H groups in total. The number of hydrogen-bond donors (Lipinski definition) is 1. The third-order valence-electron chi connectivity index (χ3n) is 5.48. The highest BCUT2D eigenvalue weighted by molar-refractivity contribution is 5.95. The minimum absolute atomic E-state index is 0.0111. The normalized spacial score (nSPS) is 25.4. The quantitative estimate of drug-likeness (QED) is 0.774. The molecule has 2 aliphatic carbocycles. The summed E-state index contributed by atoms with van der Waals surface area (Å²) in [7, 11) is 0. The summed E-state index contributed by atoms with van der Waals surface area (Å²) in [6.45, 7) is 4.05. The molecule has 1 aromatic rings. The zero-order chi connectivity index (χ0) is 19.4. The van der Waals surface area contributed by atoms with Crippen molar-refractivity contribution in [1.82, 2.24) is 0 Å². The molecule has 1 unspecified atom stereocenters. The Balaban J connectivity index is 1.51. The van der Waals surface area contributed by atoms with Crippen LogP contribution in [0.3, 0.4) is 0 Å². The van der Waals surface area contributed by atoms with E-state index in [-0.39, 0.29) is 29.6 Å². The fourth-order valence-corrected chi connectivity index (χ4v) is 4.04. The molecule has 1 amide bonds. The van der Waals surface area contributed by atoms with Gasteiger partial charge in [0.25, 0.3) is 5.91 Å². The van der Waals surface area contributed by atoms with Gasteiger partial charge in [-0.1, -0.05) is 6.42 Å². The topological polar surface area (TPSA) is 81.7 Å². The van der Waals surface area contributed by atoms with E-state index in [1.54, 1.807) is 31.2 Å². The summed E-state index contributed by atoms with van der Waals surface area (Å²) in [5.41, 5.74) is 0.615. The van der Waals surface area contributed by atoms with Crippen LogP contribution in [-0.2, 0) is 19.1 Å². The first-order chi connectivity index (χ1) is 13.0. The maximum Gasteiger partial charge on any atom is 0.309 e. The predicted octanol–water partition coefficient (Wildman–Crippen LogP) is 3.35. The lowest BCUT2D eigenvalue weighted by Gasteiger charge is -2.36. The number of hydrogen-bond acceptors (Lipinski definition) is 5. The standard InChI is InChI=1S/C21H27NO5/c1-3-26-18-9-7-17(8-10-18)22-20(24)13(2)27-21(25)16-11-14-5-4-6-15(12-16)19(14)23/h7-10,13-16H,3-6,11-12H2,1-2H3,(H,22,24)/t13-,14-,15+,16?/m0/s1. The fraction of sp³-hybridized carbons (Fsp3) is 0.571. The molecule has 146 valence electrons. The molecular formula is C21H27NO5. The highest BCUT2D eigenvalue weighted by Gasteiger charge is 2.42. The molecule has 6 heteroatoms. The average Bonchev–Trinajstić information content (AvgIpc) is 2.63. The lowest BCUT2D eigenvalue weighted by molar-refractivity contribution is -0.161. The van der Waals surface area contributed by atoms with Crippen molar-refractivity contribution in [2.45, 2.75) is 52.1 Å². The van der Waals surface area contributed by atoms with Crippen LogP contribution in [-0.4, -0.2) is 30.4 Å². The van der Waals surface area contributed by atoms with Gasteiger partial charge in [-0.3, -0.25) is 14.4 Å². The van der Waals surface area contributed by atoms with Gasteiger partial charge in [-0.15, -0.1) is 0 Å². The summed E-state index contributed by atoms with van der Waals surface area (Å²) >= 11 is 0. The number of amides is 1.